The van der Waals surface area contributed by atoms with E-state index in [9.17, 15) is 4.79 Å². The fraction of sp³-hybridized carbons (Fsp3) is 0.733. The molecule has 0 saturated carbocycles. The van der Waals surface area contributed by atoms with Crippen molar-refractivity contribution in [3.05, 3.63) is 17.5 Å². The topological polar surface area (TPSA) is 50.2 Å². The van der Waals surface area contributed by atoms with E-state index in [0.717, 1.165) is 37.2 Å². The highest BCUT2D eigenvalue weighted by Gasteiger charge is 2.21. The molecule has 2 heterocycles. The molecule has 0 radical (unpaired) electrons. The van der Waals surface area contributed by atoms with Crippen molar-refractivity contribution in [2.24, 2.45) is 18.9 Å². The van der Waals surface area contributed by atoms with E-state index < -0.39 is 0 Å². The van der Waals surface area contributed by atoms with Crippen molar-refractivity contribution in [2.45, 2.75) is 27.2 Å². The van der Waals surface area contributed by atoms with E-state index >= 15 is 0 Å². The fourth-order valence-electron chi connectivity index (χ4n) is 3.22. The van der Waals surface area contributed by atoms with Gasteiger partial charge in [0.05, 0.1) is 5.69 Å². The first-order valence-electron chi connectivity index (χ1n) is 7.47. The second-order valence-corrected chi connectivity index (χ2v) is 6.26. The van der Waals surface area contributed by atoms with E-state index in [-0.39, 0.29) is 5.91 Å². The SMILES string of the molecule is Cc1cc(C(=O)NCCN2CC(C)CC(C)C2)n(C)n1. The van der Waals surface area contributed by atoms with Crippen LogP contribution < -0.4 is 5.32 Å². The molecule has 1 aliphatic heterocycles. The third-order valence-corrected chi connectivity index (χ3v) is 3.89. The number of aryl methyl sites for hydroxylation is 2. The highest BCUT2D eigenvalue weighted by molar-refractivity contribution is 5.92. The Morgan fingerprint density at radius 2 is 2.05 bits per heavy atom. The van der Waals surface area contributed by atoms with Gasteiger partial charge < -0.3 is 10.2 Å². The Bertz CT molecular complexity index is 458. The van der Waals surface area contributed by atoms with Crippen LogP contribution in [-0.4, -0.2) is 46.8 Å². The smallest absolute Gasteiger partial charge is 0.269 e. The summed E-state index contributed by atoms with van der Waals surface area (Å²) in [6.45, 7) is 10.4. The lowest BCUT2D eigenvalue weighted by Crippen LogP contribution is -2.43. The molecule has 1 N–H and O–H groups in total. The molecular formula is C15H26N4O. The molecule has 0 aliphatic carbocycles. The Balaban J connectivity index is 1.78. The van der Waals surface area contributed by atoms with Crippen LogP contribution in [0, 0.1) is 18.8 Å². The summed E-state index contributed by atoms with van der Waals surface area (Å²) in [5.41, 5.74) is 1.50. The third kappa shape index (κ3) is 3.82. The van der Waals surface area contributed by atoms with Crippen LogP contribution in [0.15, 0.2) is 6.07 Å². The van der Waals surface area contributed by atoms with Gasteiger partial charge in [0.1, 0.15) is 5.69 Å². The molecule has 1 aliphatic rings. The van der Waals surface area contributed by atoms with Crippen molar-refractivity contribution >= 4 is 5.91 Å². The van der Waals surface area contributed by atoms with Crippen molar-refractivity contribution in [3.8, 4) is 0 Å². The standard InChI is InChI=1S/C15H26N4O/c1-11-7-12(2)10-19(9-11)6-5-16-15(20)14-8-13(3)17-18(14)4/h8,11-12H,5-7,9-10H2,1-4H3,(H,16,20). The van der Waals surface area contributed by atoms with Crippen LogP contribution in [0.25, 0.3) is 0 Å². The van der Waals surface area contributed by atoms with Gasteiger partial charge in [-0.3, -0.25) is 9.48 Å². The van der Waals surface area contributed by atoms with E-state index in [0.29, 0.717) is 12.2 Å². The molecule has 1 aromatic heterocycles. The number of amides is 1. The molecule has 0 aromatic carbocycles. The molecule has 1 saturated heterocycles. The Kier molecular flexibility index (Phi) is 4.81. The number of likely N-dealkylation sites (tertiary alicyclic amines) is 1. The lowest BCUT2D eigenvalue weighted by molar-refractivity contribution is 0.0927. The van der Waals surface area contributed by atoms with Gasteiger partial charge in [-0.1, -0.05) is 13.8 Å². The van der Waals surface area contributed by atoms with Gasteiger partial charge in [-0.25, -0.2) is 0 Å². The van der Waals surface area contributed by atoms with Gasteiger partial charge in [-0.2, -0.15) is 5.10 Å². The molecule has 2 unspecified atom stereocenters. The minimum absolute atomic E-state index is 0.0359. The van der Waals surface area contributed by atoms with Crippen molar-refractivity contribution < 1.29 is 4.79 Å². The predicted octanol–water partition coefficient (Wildman–Crippen LogP) is 1.44. The monoisotopic (exact) mass is 278 g/mol. The number of nitrogens with zero attached hydrogens (tertiary/aromatic N) is 3. The van der Waals surface area contributed by atoms with E-state index in [1.807, 2.05) is 13.0 Å². The second-order valence-electron chi connectivity index (χ2n) is 6.26. The zero-order chi connectivity index (χ0) is 14.7. The average Bonchev–Trinajstić information content (AvgIpc) is 2.67. The Morgan fingerprint density at radius 1 is 1.40 bits per heavy atom. The molecule has 112 valence electrons. The largest absolute Gasteiger partial charge is 0.349 e. The Hall–Kier alpha value is -1.36. The molecule has 1 amide bonds. The minimum atomic E-state index is -0.0359. The number of nitrogens with one attached hydrogen (secondary N) is 1. The number of hydrogen-bond acceptors (Lipinski definition) is 3. The summed E-state index contributed by atoms with van der Waals surface area (Å²) in [6, 6.07) is 1.82. The number of carbonyl (C=O) groups excluding carboxylic acids is 1. The van der Waals surface area contributed by atoms with Crippen LogP contribution in [0.2, 0.25) is 0 Å². The van der Waals surface area contributed by atoms with Gasteiger partial charge in [0.25, 0.3) is 5.91 Å². The highest BCUT2D eigenvalue weighted by Crippen LogP contribution is 2.20. The first-order chi connectivity index (χ1) is 9.45. The highest BCUT2D eigenvalue weighted by atomic mass is 16.2. The summed E-state index contributed by atoms with van der Waals surface area (Å²) in [4.78, 5) is 14.5. The second kappa shape index (κ2) is 6.39. The lowest BCUT2D eigenvalue weighted by atomic mass is 9.92. The maximum absolute atomic E-state index is 12.1. The zero-order valence-corrected chi connectivity index (χ0v) is 13.0. The zero-order valence-electron chi connectivity index (χ0n) is 13.0. The quantitative estimate of drug-likeness (QED) is 0.906. The van der Waals surface area contributed by atoms with Gasteiger partial charge >= 0.3 is 0 Å². The maximum Gasteiger partial charge on any atom is 0.269 e. The first kappa shape index (κ1) is 15.0. The average molecular weight is 278 g/mol. The van der Waals surface area contributed by atoms with Crippen LogP contribution >= 0.6 is 0 Å². The van der Waals surface area contributed by atoms with Crippen LogP contribution in [0.1, 0.15) is 36.5 Å². The molecule has 20 heavy (non-hydrogen) atoms. The molecule has 2 atom stereocenters. The van der Waals surface area contributed by atoms with Crippen LogP contribution in [0.4, 0.5) is 0 Å². The van der Waals surface area contributed by atoms with Crippen molar-refractivity contribution in [3.63, 3.8) is 0 Å². The molecular weight excluding hydrogens is 252 g/mol. The molecule has 1 aromatic rings. The predicted molar refractivity (Wildman–Crippen MR) is 79.7 cm³/mol. The molecule has 2 rings (SSSR count). The summed E-state index contributed by atoms with van der Waals surface area (Å²) in [7, 11) is 1.80. The van der Waals surface area contributed by atoms with Gasteiger partial charge in [-0.05, 0) is 31.2 Å². The minimum Gasteiger partial charge on any atom is -0.349 e. The summed E-state index contributed by atoms with van der Waals surface area (Å²) >= 11 is 0. The van der Waals surface area contributed by atoms with Crippen LogP contribution in [0.3, 0.4) is 0 Å². The molecule has 0 spiro atoms. The van der Waals surface area contributed by atoms with Crippen LogP contribution in [-0.2, 0) is 7.05 Å². The third-order valence-electron chi connectivity index (χ3n) is 3.89. The number of rotatable bonds is 4. The summed E-state index contributed by atoms with van der Waals surface area (Å²) in [5, 5.41) is 7.18. The van der Waals surface area contributed by atoms with Crippen LogP contribution in [0.5, 0.6) is 0 Å². The fourth-order valence-corrected chi connectivity index (χ4v) is 3.22. The summed E-state index contributed by atoms with van der Waals surface area (Å²) in [5.74, 6) is 1.48. The number of aromatic nitrogens is 2. The summed E-state index contributed by atoms with van der Waals surface area (Å²) in [6.07, 6.45) is 1.32. The Labute approximate surface area is 121 Å². The maximum atomic E-state index is 12.1. The van der Waals surface area contributed by atoms with E-state index in [2.05, 4.69) is 29.2 Å². The number of hydrogen-bond donors (Lipinski definition) is 1. The molecule has 5 nitrogen and oxygen atoms in total. The first-order valence-corrected chi connectivity index (χ1v) is 7.47. The van der Waals surface area contributed by atoms with Crippen molar-refractivity contribution in [1.82, 2.24) is 20.0 Å². The van der Waals surface area contributed by atoms with Gasteiger partial charge in [-0.15, -0.1) is 0 Å². The van der Waals surface area contributed by atoms with Gasteiger partial charge in [0.2, 0.25) is 0 Å². The van der Waals surface area contributed by atoms with E-state index in [1.165, 1.54) is 6.42 Å². The normalized spacial score (nSPS) is 23.8. The van der Waals surface area contributed by atoms with E-state index in [4.69, 9.17) is 0 Å². The summed E-state index contributed by atoms with van der Waals surface area (Å²) < 4.78 is 1.63. The van der Waals surface area contributed by atoms with Gasteiger partial charge in [0.15, 0.2) is 0 Å². The number of carbonyl (C=O) groups is 1. The lowest BCUT2D eigenvalue weighted by Gasteiger charge is -2.34. The number of piperidine rings is 1. The van der Waals surface area contributed by atoms with Gasteiger partial charge in [0, 0.05) is 33.2 Å². The van der Waals surface area contributed by atoms with Crippen molar-refractivity contribution in [2.75, 3.05) is 26.2 Å². The molecule has 5 heteroatoms. The van der Waals surface area contributed by atoms with Crippen molar-refractivity contribution in [1.29, 1.82) is 0 Å². The Morgan fingerprint density at radius 3 is 2.60 bits per heavy atom. The molecule has 1 fully saturated rings. The molecule has 0 bridgehead atoms. The van der Waals surface area contributed by atoms with E-state index in [1.54, 1.807) is 11.7 Å².